The zero-order valence-electron chi connectivity index (χ0n) is 21.3. The smallest absolute Gasteiger partial charge is 0.308 e. The topological polar surface area (TPSA) is 114 Å². The van der Waals surface area contributed by atoms with E-state index in [9.17, 15) is 19.2 Å². The molecule has 0 spiro atoms. The molecule has 1 fully saturated rings. The molecule has 1 aliphatic rings. The van der Waals surface area contributed by atoms with E-state index < -0.39 is 11.5 Å². The van der Waals surface area contributed by atoms with Gasteiger partial charge in [0.15, 0.2) is 0 Å². The first-order valence-corrected chi connectivity index (χ1v) is 12.2. The molecule has 2 atom stereocenters. The summed E-state index contributed by atoms with van der Waals surface area (Å²) in [6, 6.07) is 9.27. The van der Waals surface area contributed by atoms with Gasteiger partial charge in [-0.3, -0.25) is 19.2 Å². The van der Waals surface area contributed by atoms with Gasteiger partial charge in [-0.15, -0.1) is 0 Å². The Hall–Kier alpha value is -2.94. The standard InChI is InChI=1S/C26H39N3O6/c1-26(2,3)35-23(32)13-17-34-16-9-15-27-21(30)12-8-14-28-25(33)20-18-22(31)29(4)24(20)19-10-6-5-7-11-19/h5-7,10-11,20,24H,8-9,12-18H2,1-4H3,(H,27,30)(H,28,33)/t20-,24+/m0/s1. The number of esters is 1. The lowest BCUT2D eigenvalue weighted by atomic mass is 9.93. The molecule has 0 radical (unpaired) electrons. The summed E-state index contributed by atoms with van der Waals surface area (Å²) in [5.41, 5.74) is 0.440. The molecule has 9 nitrogen and oxygen atoms in total. The minimum absolute atomic E-state index is 0.0489. The maximum atomic E-state index is 12.7. The SMILES string of the molecule is CN1C(=O)C[C@H](C(=O)NCCCC(=O)NCCCOCCC(=O)OC(C)(C)C)[C@H]1c1ccccc1. The fraction of sp³-hybridized carbons (Fsp3) is 0.615. The first-order valence-electron chi connectivity index (χ1n) is 12.2. The molecule has 2 rings (SSSR count). The van der Waals surface area contributed by atoms with Crippen LogP contribution < -0.4 is 10.6 Å². The van der Waals surface area contributed by atoms with Crippen LogP contribution in [0.4, 0.5) is 0 Å². The van der Waals surface area contributed by atoms with E-state index in [0.29, 0.717) is 39.0 Å². The molecule has 1 aromatic rings. The summed E-state index contributed by atoms with van der Waals surface area (Å²) in [5, 5.41) is 5.70. The van der Waals surface area contributed by atoms with Crippen LogP contribution in [-0.2, 0) is 28.7 Å². The first kappa shape index (κ1) is 28.3. The van der Waals surface area contributed by atoms with Gasteiger partial charge in [0.2, 0.25) is 17.7 Å². The quantitative estimate of drug-likeness (QED) is 0.325. The molecule has 3 amide bonds. The second-order valence-corrected chi connectivity index (χ2v) is 9.72. The number of hydrogen-bond donors (Lipinski definition) is 2. The van der Waals surface area contributed by atoms with E-state index in [2.05, 4.69) is 10.6 Å². The second-order valence-electron chi connectivity index (χ2n) is 9.72. The Morgan fingerprint density at radius 2 is 1.69 bits per heavy atom. The highest BCUT2D eigenvalue weighted by atomic mass is 16.6. The molecule has 0 saturated carbocycles. The van der Waals surface area contributed by atoms with Crippen molar-refractivity contribution < 1.29 is 28.7 Å². The predicted molar refractivity (Wildman–Crippen MR) is 131 cm³/mol. The second kappa shape index (κ2) is 13.8. The fourth-order valence-electron chi connectivity index (χ4n) is 3.94. The van der Waals surface area contributed by atoms with Gasteiger partial charge in [0, 0.05) is 39.6 Å². The van der Waals surface area contributed by atoms with Crippen molar-refractivity contribution in [2.24, 2.45) is 5.92 Å². The van der Waals surface area contributed by atoms with E-state index in [1.807, 2.05) is 51.1 Å². The van der Waals surface area contributed by atoms with Crippen molar-refractivity contribution in [3.05, 3.63) is 35.9 Å². The van der Waals surface area contributed by atoms with E-state index in [1.165, 1.54) is 0 Å². The van der Waals surface area contributed by atoms with Crippen LogP contribution in [0.25, 0.3) is 0 Å². The third-order valence-corrected chi connectivity index (χ3v) is 5.60. The molecule has 194 valence electrons. The third-order valence-electron chi connectivity index (χ3n) is 5.60. The van der Waals surface area contributed by atoms with Gasteiger partial charge in [-0.2, -0.15) is 0 Å². The molecule has 1 aromatic carbocycles. The van der Waals surface area contributed by atoms with Gasteiger partial charge >= 0.3 is 5.97 Å². The van der Waals surface area contributed by atoms with Crippen LogP contribution in [0.1, 0.15) is 64.5 Å². The third kappa shape index (κ3) is 10.1. The zero-order chi connectivity index (χ0) is 25.8. The van der Waals surface area contributed by atoms with Crippen LogP contribution in [0, 0.1) is 5.92 Å². The monoisotopic (exact) mass is 489 g/mol. The van der Waals surface area contributed by atoms with Crippen LogP contribution in [0.2, 0.25) is 0 Å². The molecular weight excluding hydrogens is 450 g/mol. The number of nitrogens with zero attached hydrogens (tertiary/aromatic N) is 1. The average Bonchev–Trinajstić information content (AvgIpc) is 3.09. The fourth-order valence-corrected chi connectivity index (χ4v) is 3.94. The maximum Gasteiger partial charge on any atom is 0.308 e. The highest BCUT2D eigenvalue weighted by Crippen LogP contribution is 2.36. The molecule has 35 heavy (non-hydrogen) atoms. The summed E-state index contributed by atoms with van der Waals surface area (Å²) in [4.78, 5) is 50.2. The Labute approximate surface area is 207 Å². The van der Waals surface area contributed by atoms with Crippen molar-refractivity contribution in [3.63, 3.8) is 0 Å². The Balaban J connectivity index is 1.56. The number of rotatable bonds is 13. The van der Waals surface area contributed by atoms with Crippen LogP contribution in [-0.4, -0.2) is 67.5 Å². The molecule has 0 aromatic heterocycles. The van der Waals surface area contributed by atoms with Crippen molar-refractivity contribution in [3.8, 4) is 0 Å². The van der Waals surface area contributed by atoms with Gasteiger partial charge in [0.1, 0.15) is 5.60 Å². The van der Waals surface area contributed by atoms with Crippen molar-refractivity contribution >= 4 is 23.7 Å². The highest BCUT2D eigenvalue weighted by Gasteiger charge is 2.42. The lowest BCUT2D eigenvalue weighted by Crippen LogP contribution is -2.35. The molecule has 1 aliphatic heterocycles. The maximum absolute atomic E-state index is 12.7. The summed E-state index contributed by atoms with van der Waals surface area (Å²) in [5.74, 6) is -1.04. The summed E-state index contributed by atoms with van der Waals surface area (Å²) < 4.78 is 10.6. The van der Waals surface area contributed by atoms with Crippen molar-refractivity contribution in [1.82, 2.24) is 15.5 Å². The van der Waals surface area contributed by atoms with E-state index >= 15 is 0 Å². The normalized spacial score (nSPS) is 17.8. The summed E-state index contributed by atoms with van der Waals surface area (Å²) in [6.45, 7) is 7.04. The van der Waals surface area contributed by atoms with Gasteiger partial charge in [-0.05, 0) is 39.2 Å². The molecule has 1 heterocycles. The number of amides is 3. The lowest BCUT2D eigenvalue weighted by Gasteiger charge is -2.24. The lowest BCUT2D eigenvalue weighted by molar-refractivity contribution is -0.156. The number of carbonyl (C=O) groups excluding carboxylic acids is 4. The number of nitrogens with one attached hydrogen (secondary N) is 2. The number of likely N-dealkylation sites (tertiary alicyclic amines) is 1. The zero-order valence-corrected chi connectivity index (χ0v) is 21.3. The number of hydrogen-bond acceptors (Lipinski definition) is 6. The van der Waals surface area contributed by atoms with Crippen molar-refractivity contribution in [1.29, 1.82) is 0 Å². The van der Waals surface area contributed by atoms with Crippen LogP contribution in [0.5, 0.6) is 0 Å². The molecule has 0 bridgehead atoms. The predicted octanol–water partition coefficient (Wildman–Crippen LogP) is 2.36. The van der Waals surface area contributed by atoms with E-state index in [1.54, 1.807) is 11.9 Å². The van der Waals surface area contributed by atoms with E-state index in [-0.39, 0.29) is 49.2 Å². The van der Waals surface area contributed by atoms with E-state index in [4.69, 9.17) is 9.47 Å². The van der Waals surface area contributed by atoms with Crippen LogP contribution in [0.15, 0.2) is 30.3 Å². The molecule has 9 heteroatoms. The highest BCUT2D eigenvalue weighted by molar-refractivity contribution is 5.90. The summed E-state index contributed by atoms with van der Waals surface area (Å²) in [7, 11) is 1.73. The Morgan fingerprint density at radius 1 is 1.00 bits per heavy atom. The van der Waals surface area contributed by atoms with Gasteiger partial charge < -0.3 is 25.0 Å². The Kier molecular flexibility index (Phi) is 11.2. The Bertz CT molecular complexity index is 852. The first-order chi connectivity index (χ1) is 16.6. The number of benzene rings is 1. The minimum atomic E-state index is -0.499. The number of carbonyl (C=O) groups is 4. The minimum Gasteiger partial charge on any atom is -0.460 e. The Morgan fingerprint density at radius 3 is 2.37 bits per heavy atom. The average molecular weight is 490 g/mol. The summed E-state index contributed by atoms with van der Waals surface area (Å²) >= 11 is 0. The number of ether oxygens (including phenoxy) is 2. The van der Waals surface area contributed by atoms with Gasteiger partial charge in [-0.1, -0.05) is 30.3 Å². The summed E-state index contributed by atoms with van der Waals surface area (Å²) in [6.07, 6.45) is 1.83. The molecule has 0 unspecified atom stereocenters. The van der Waals surface area contributed by atoms with E-state index in [0.717, 1.165) is 5.56 Å². The van der Waals surface area contributed by atoms with Crippen LogP contribution >= 0.6 is 0 Å². The van der Waals surface area contributed by atoms with Crippen LogP contribution in [0.3, 0.4) is 0 Å². The molecular formula is C26H39N3O6. The molecule has 1 saturated heterocycles. The van der Waals surface area contributed by atoms with Gasteiger partial charge in [0.25, 0.3) is 0 Å². The van der Waals surface area contributed by atoms with Crippen molar-refractivity contribution in [2.75, 3.05) is 33.4 Å². The largest absolute Gasteiger partial charge is 0.460 e. The van der Waals surface area contributed by atoms with Gasteiger partial charge in [-0.25, -0.2) is 0 Å². The van der Waals surface area contributed by atoms with Gasteiger partial charge in [0.05, 0.1) is 25.0 Å². The molecule has 2 N–H and O–H groups in total. The molecule has 0 aliphatic carbocycles. The van der Waals surface area contributed by atoms with Crippen molar-refractivity contribution in [2.45, 2.75) is 64.5 Å².